The number of alkyl halides is 2. The fraction of sp³-hybridized carbons (Fsp3) is 0.480. The molecule has 14 heteroatoms. The fourth-order valence-corrected chi connectivity index (χ4v) is 4.94. The lowest BCUT2D eigenvalue weighted by atomic mass is 10.0. The number of carbonyl (C=O) groups is 2. The highest BCUT2D eigenvalue weighted by atomic mass is 35.5. The predicted molar refractivity (Wildman–Crippen MR) is 151 cm³/mol. The number of aromatic nitrogens is 5. The molecule has 39 heavy (non-hydrogen) atoms. The van der Waals surface area contributed by atoms with Crippen molar-refractivity contribution in [2.75, 3.05) is 17.3 Å². The van der Waals surface area contributed by atoms with Crippen molar-refractivity contribution >= 4 is 51.6 Å². The zero-order chi connectivity index (χ0) is 28.5. The van der Waals surface area contributed by atoms with Crippen LogP contribution in [0.15, 0.2) is 24.4 Å². The average Bonchev–Trinajstić information content (AvgIpc) is 3.49. The van der Waals surface area contributed by atoms with Gasteiger partial charge in [0.2, 0.25) is 11.9 Å². The smallest absolute Gasteiger partial charge is 0.270 e. The number of amides is 2. The number of aryl methyl sites for hydroxylation is 3. The van der Waals surface area contributed by atoms with Gasteiger partial charge in [-0.05, 0) is 57.2 Å². The Bertz CT molecular complexity index is 1310. The van der Waals surface area contributed by atoms with Crippen molar-refractivity contribution in [3.8, 4) is 11.1 Å². The summed E-state index contributed by atoms with van der Waals surface area (Å²) in [6.07, 6.45) is 5.40. The first-order chi connectivity index (χ1) is 18.6. The number of anilines is 1. The second kappa shape index (κ2) is 14.5. The SMILES string of the molecule is CCc1n[nH]c(C)c1-c1ccc(NC(=O)[C@H](CCCC(Cl)Cl)NC(=O)c2ccnn2CCCS(C)=O)nc1F. The third kappa shape index (κ3) is 8.58. The lowest BCUT2D eigenvalue weighted by Gasteiger charge is -2.19. The molecular weight excluding hydrogens is 568 g/mol. The molecular formula is C25H32Cl2FN7O3S. The molecule has 3 rings (SSSR count). The quantitative estimate of drug-likeness (QED) is 0.188. The van der Waals surface area contributed by atoms with E-state index in [2.05, 4.69) is 30.9 Å². The molecule has 0 aliphatic heterocycles. The van der Waals surface area contributed by atoms with Gasteiger partial charge in [-0.25, -0.2) is 4.98 Å². The number of carbonyl (C=O) groups excluding carboxylic acids is 2. The summed E-state index contributed by atoms with van der Waals surface area (Å²) in [5.74, 6) is -1.34. The lowest BCUT2D eigenvalue weighted by Crippen LogP contribution is -2.44. The minimum atomic E-state index is -0.969. The standard InChI is InChI=1S/C25H32Cl2FN7O3S/c1-4-17-22(15(2)33-34-17)16-9-10-21(31-23(16)28)32-24(36)18(7-5-8-20(26)27)30-25(37)19-11-12-29-35(19)13-6-14-39(3)38/h9-12,18,20H,4-8,13-14H2,1-3H3,(H,30,37)(H,33,34)(H,31,32,36)/t18-,39?/m0/s1. The van der Waals surface area contributed by atoms with E-state index in [9.17, 15) is 13.8 Å². The molecule has 2 atom stereocenters. The summed E-state index contributed by atoms with van der Waals surface area (Å²) in [5, 5.41) is 16.5. The molecule has 10 nitrogen and oxygen atoms in total. The van der Waals surface area contributed by atoms with Crippen LogP contribution in [0.2, 0.25) is 0 Å². The average molecular weight is 601 g/mol. The van der Waals surface area contributed by atoms with Crippen molar-refractivity contribution in [1.29, 1.82) is 0 Å². The Hall–Kier alpha value is -2.83. The highest BCUT2D eigenvalue weighted by Gasteiger charge is 2.24. The van der Waals surface area contributed by atoms with Crippen LogP contribution in [-0.2, 0) is 28.6 Å². The second-order valence-corrected chi connectivity index (χ2v) is 11.8. The van der Waals surface area contributed by atoms with E-state index in [0.717, 1.165) is 0 Å². The Morgan fingerprint density at radius 2 is 1.97 bits per heavy atom. The van der Waals surface area contributed by atoms with Crippen molar-refractivity contribution in [1.82, 2.24) is 30.3 Å². The van der Waals surface area contributed by atoms with E-state index in [1.165, 1.54) is 23.0 Å². The Kier molecular flexibility index (Phi) is 11.4. The fourth-order valence-electron chi connectivity index (χ4n) is 4.10. The molecule has 0 radical (unpaired) electrons. The number of hydrogen-bond donors (Lipinski definition) is 3. The molecule has 0 saturated carbocycles. The Morgan fingerprint density at radius 3 is 2.64 bits per heavy atom. The van der Waals surface area contributed by atoms with Gasteiger partial charge >= 0.3 is 0 Å². The van der Waals surface area contributed by atoms with Crippen molar-refractivity contribution < 1.29 is 18.2 Å². The lowest BCUT2D eigenvalue weighted by molar-refractivity contribution is -0.118. The highest BCUT2D eigenvalue weighted by Crippen LogP contribution is 2.28. The highest BCUT2D eigenvalue weighted by molar-refractivity contribution is 7.84. The minimum absolute atomic E-state index is 0.00451. The summed E-state index contributed by atoms with van der Waals surface area (Å²) in [5.41, 5.74) is 2.61. The van der Waals surface area contributed by atoms with Crippen LogP contribution >= 0.6 is 23.2 Å². The van der Waals surface area contributed by atoms with Crippen LogP contribution in [0.3, 0.4) is 0 Å². The zero-order valence-corrected chi connectivity index (χ0v) is 24.3. The van der Waals surface area contributed by atoms with Crippen LogP contribution in [0.25, 0.3) is 11.1 Å². The molecule has 0 bridgehead atoms. The molecule has 3 aromatic rings. The molecule has 2 amide bonds. The molecule has 1 unspecified atom stereocenters. The van der Waals surface area contributed by atoms with Gasteiger partial charge in [-0.2, -0.15) is 14.6 Å². The van der Waals surface area contributed by atoms with Gasteiger partial charge in [-0.3, -0.25) is 23.6 Å². The molecule has 3 heterocycles. The molecule has 3 N–H and O–H groups in total. The first kappa shape index (κ1) is 30.7. The van der Waals surface area contributed by atoms with Gasteiger partial charge in [0.1, 0.15) is 22.4 Å². The van der Waals surface area contributed by atoms with Gasteiger partial charge in [-0.15, -0.1) is 23.2 Å². The largest absolute Gasteiger partial charge is 0.339 e. The number of nitrogens with one attached hydrogen (secondary N) is 3. The Labute approximate surface area is 238 Å². The van der Waals surface area contributed by atoms with Gasteiger partial charge in [-0.1, -0.05) is 6.92 Å². The van der Waals surface area contributed by atoms with Gasteiger partial charge < -0.3 is 10.6 Å². The number of aromatic amines is 1. The molecule has 0 aromatic carbocycles. The normalized spacial score (nSPS) is 12.9. The number of halogens is 3. The van der Waals surface area contributed by atoms with E-state index in [4.69, 9.17) is 23.2 Å². The Morgan fingerprint density at radius 1 is 1.21 bits per heavy atom. The summed E-state index contributed by atoms with van der Waals surface area (Å²) < 4.78 is 27.9. The Balaban J connectivity index is 1.75. The molecule has 0 aliphatic carbocycles. The van der Waals surface area contributed by atoms with Crippen LogP contribution in [0.4, 0.5) is 10.2 Å². The van der Waals surface area contributed by atoms with E-state index in [1.807, 2.05) is 6.92 Å². The van der Waals surface area contributed by atoms with Gasteiger partial charge in [0.05, 0.1) is 5.69 Å². The van der Waals surface area contributed by atoms with Gasteiger partial charge in [0, 0.05) is 52.4 Å². The van der Waals surface area contributed by atoms with Crippen LogP contribution in [0.1, 0.15) is 54.5 Å². The number of pyridine rings is 1. The summed E-state index contributed by atoms with van der Waals surface area (Å²) in [6.45, 7) is 4.12. The molecule has 0 saturated heterocycles. The van der Waals surface area contributed by atoms with Crippen LogP contribution in [0.5, 0.6) is 0 Å². The summed E-state index contributed by atoms with van der Waals surface area (Å²) in [7, 11) is -0.956. The van der Waals surface area contributed by atoms with Gasteiger partial charge in [0.15, 0.2) is 0 Å². The molecule has 0 fully saturated rings. The maximum atomic E-state index is 15.0. The van der Waals surface area contributed by atoms with E-state index in [-0.39, 0.29) is 23.5 Å². The number of nitrogens with zero attached hydrogens (tertiary/aromatic N) is 4. The van der Waals surface area contributed by atoms with Crippen LogP contribution in [-0.4, -0.2) is 63.9 Å². The van der Waals surface area contributed by atoms with Crippen molar-refractivity contribution in [2.45, 2.75) is 63.4 Å². The molecule has 0 spiro atoms. The first-order valence-corrected chi connectivity index (χ1v) is 15.1. The van der Waals surface area contributed by atoms with E-state index in [1.54, 1.807) is 19.2 Å². The molecule has 0 aliphatic rings. The van der Waals surface area contributed by atoms with E-state index >= 15 is 4.39 Å². The van der Waals surface area contributed by atoms with Gasteiger partial charge in [0.25, 0.3) is 5.91 Å². The number of hydrogen-bond acceptors (Lipinski definition) is 6. The van der Waals surface area contributed by atoms with Crippen molar-refractivity contribution in [2.24, 2.45) is 0 Å². The summed E-state index contributed by atoms with van der Waals surface area (Å²) >= 11 is 11.7. The molecule has 3 aromatic heterocycles. The summed E-state index contributed by atoms with van der Waals surface area (Å²) in [4.78, 5) is 29.6. The summed E-state index contributed by atoms with van der Waals surface area (Å²) in [6, 6.07) is 3.61. The monoisotopic (exact) mass is 599 g/mol. The molecule has 212 valence electrons. The maximum Gasteiger partial charge on any atom is 0.270 e. The first-order valence-electron chi connectivity index (χ1n) is 12.5. The third-order valence-corrected chi connectivity index (χ3v) is 7.31. The van der Waals surface area contributed by atoms with E-state index < -0.39 is 39.4 Å². The van der Waals surface area contributed by atoms with Crippen LogP contribution < -0.4 is 10.6 Å². The number of rotatable bonds is 14. The van der Waals surface area contributed by atoms with E-state index in [0.29, 0.717) is 54.9 Å². The van der Waals surface area contributed by atoms with Crippen molar-refractivity contribution in [3.63, 3.8) is 0 Å². The second-order valence-electron chi connectivity index (χ2n) is 8.97. The number of H-pyrrole nitrogens is 1. The zero-order valence-electron chi connectivity index (χ0n) is 22.0. The maximum absolute atomic E-state index is 15.0. The van der Waals surface area contributed by atoms with Crippen molar-refractivity contribution in [3.05, 3.63) is 47.4 Å². The van der Waals surface area contributed by atoms with Crippen LogP contribution in [0, 0.1) is 12.9 Å². The topological polar surface area (TPSA) is 135 Å². The third-order valence-electron chi connectivity index (χ3n) is 6.01. The minimum Gasteiger partial charge on any atom is -0.339 e. The predicted octanol–water partition coefficient (Wildman–Crippen LogP) is 4.16.